The van der Waals surface area contributed by atoms with Gasteiger partial charge in [0.15, 0.2) is 5.96 Å². The summed E-state index contributed by atoms with van der Waals surface area (Å²) in [6.07, 6.45) is 1.71. The molecule has 4 nitrogen and oxygen atoms in total. The first kappa shape index (κ1) is 15.8. The summed E-state index contributed by atoms with van der Waals surface area (Å²) in [6, 6.07) is 5.31. The van der Waals surface area contributed by atoms with E-state index in [-0.39, 0.29) is 0 Å². The fraction of sp³-hybridized carbons (Fsp3) is 0.308. The highest BCUT2D eigenvalue weighted by Crippen LogP contribution is 2.21. The highest BCUT2D eigenvalue weighted by atomic mass is 35.5. The molecule has 1 aromatic rings. The normalized spacial score (nSPS) is 11.4. The number of hydrogen-bond acceptors (Lipinski definition) is 2. The van der Waals surface area contributed by atoms with Gasteiger partial charge in [-0.3, -0.25) is 4.99 Å². The number of rotatable bonds is 7. The Balaban J connectivity index is 2.25. The number of nitrogens with two attached hydrogens (primary N) is 1. The van der Waals surface area contributed by atoms with Gasteiger partial charge in [0, 0.05) is 16.6 Å². The van der Waals surface area contributed by atoms with E-state index in [4.69, 9.17) is 33.7 Å². The van der Waals surface area contributed by atoms with Crippen LogP contribution in [0.4, 0.5) is 0 Å². The van der Waals surface area contributed by atoms with Gasteiger partial charge < -0.3 is 15.8 Å². The number of guanidine groups is 1. The van der Waals surface area contributed by atoms with Crippen LogP contribution < -0.4 is 11.1 Å². The molecule has 0 atom stereocenters. The lowest BCUT2D eigenvalue weighted by molar-refractivity contribution is 0.128. The molecule has 0 aromatic heterocycles. The van der Waals surface area contributed by atoms with E-state index in [0.29, 0.717) is 42.3 Å². The predicted octanol–water partition coefficient (Wildman–Crippen LogP) is 2.60. The first-order chi connectivity index (χ1) is 9.13. The minimum absolute atomic E-state index is 0.382. The Labute approximate surface area is 123 Å². The van der Waals surface area contributed by atoms with Gasteiger partial charge in [0.2, 0.25) is 0 Å². The second-order valence-corrected chi connectivity index (χ2v) is 4.57. The summed E-state index contributed by atoms with van der Waals surface area (Å²) in [6.45, 7) is 5.54. The first-order valence-corrected chi connectivity index (χ1v) is 6.55. The van der Waals surface area contributed by atoms with E-state index in [9.17, 15) is 0 Å². The van der Waals surface area contributed by atoms with Crippen molar-refractivity contribution in [2.24, 2.45) is 10.7 Å². The van der Waals surface area contributed by atoms with Gasteiger partial charge in [-0.15, -0.1) is 6.58 Å². The Kier molecular flexibility index (Phi) is 7.33. The van der Waals surface area contributed by atoms with Gasteiger partial charge in [0.05, 0.1) is 19.8 Å². The maximum Gasteiger partial charge on any atom is 0.188 e. The van der Waals surface area contributed by atoms with Crippen molar-refractivity contribution in [3.63, 3.8) is 0 Å². The van der Waals surface area contributed by atoms with Gasteiger partial charge in [-0.2, -0.15) is 0 Å². The van der Waals surface area contributed by atoms with Crippen molar-refractivity contribution in [1.82, 2.24) is 5.32 Å². The highest BCUT2D eigenvalue weighted by Gasteiger charge is 2.01. The quantitative estimate of drug-likeness (QED) is 0.352. The van der Waals surface area contributed by atoms with Crippen LogP contribution in [0.3, 0.4) is 0 Å². The molecule has 19 heavy (non-hydrogen) atoms. The fourth-order valence-corrected chi connectivity index (χ4v) is 1.75. The predicted molar refractivity (Wildman–Crippen MR) is 80.8 cm³/mol. The van der Waals surface area contributed by atoms with E-state index < -0.39 is 0 Å². The molecular formula is C13H17Cl2N3O. The van der Waals surface area contributed by atoms with E-state index in [1.807, 2.05) is 6.07 Å². The van der Waals surface area contributed by atoms with Crippen LogP contribution in [0.2, 0.25) is 10.0 Å². The molecule has 0 aliphatic heterocycles. The molecule has 0 fully saturated rings. The molecule has 1 rings (SSSR count). The largest absolute Gasteiger partial charge is 0.375 e. The lowest BCUT2D eigenvalue weighted by atomic mass is 10.2. The van der Waals surface area contributed by atoms with Crippen LogP contribution in [0.25, 0.3) is 0 Å². The zero-order valence-corrected chi connectivity index (χ0v) is 12.0. The molecule has 0 heterocycles. The Morgan fingerprint density at radius 1 is 1.47 bits per heavy atom. The summed E-state index contributed by atoms with van der Waals surface area (Å²) in [5, 5.41) is 4.09. The smallest absolute Gasteiger partial charge is 0.188 e. The Hall–Kier alpha value is -1.23. The van der Waals surface area contributed by atoms with Gasteiger partial charge >= 0.3 is 0 Å². The molecule has 0 saturated heterocycles. The van der Waals surface area contributed by atoms with Crippen molar-refractivity contribution >= 4 is 29.2 Å². The summed E-state index contributed by atoms with van der Waals surface area (Å²) < 4.78 is 5.46. The third-order valence-electron chi connectivity index (χ3n) is 2.22. The summed E-state index contributed by atoms with van der Waals surface area (Å²) in [5.74, 6) is 0.382. The molecule has 0 unspecified atom stereocenters. The van der Waals surface area contributed by atoms with Gasteiger partial charge in [-0.25, -0.2) is 0 Å². The molecule has 0 aliphatic carbocycles. The lowest BCUT2D eigenvalue weighted by Crippen LogP contribution is -2.32. The average molecular weight is 302 g/mol. The van der Waals surface area contributed by atoms with Gasteiger partial charge in [0.1, 0.15) is 0 Å². The van der Waals surface area contributed by atoms with E-state index in [1.54, 1.807) is 18.2 Å². The standard InChI is InChI=1S/C13H17Cl2N3O/c1-2-5-17-13(16)18-6-7-19-9-10-3-4-11(14)8-12(10)15/h2-4,8H,1,5-7,9H2,(H3,16,17,18). The van der Waals surface area contributed by atoms with Crippen LogP contribution in [0, 0.1) is 0 Å². The SMILES string of the molecule is C=CCNC(N)=NCCOCc1ccc(Cl)cc1Cl. The molecule has 0 amide bonds. The summed E-state index contributed by atoms with van der Waals surface area (Å²) in [7, 11) is 0. The topological polar surface area (TPSA) is 59.6 Å². The zero-order valence-electron chi connectivity index (χ0n) is 10.5. The summed E-state index contributed by atoms with van der Waals surface area (Å²) in [4.78, 5) is 4.09. The van der Waals surface area contributed by atoms with E-state index in [0.717, 1.165) is 5.56 Å². The van der Waals surface area contributed by atoms with Crippen LogP contribution in [0.5, 0.6) is 0 Å². The van der Waals surface area contributed by atoms with Crippen LogP contribution >= 0.6 is 23.2 Å². The Morgan fingerprint density at radius 2 is 2.26 bits per heavy atom. The van der Waals surface area contributed by atoms with Crippen LogP contribution in [0.15, 0.2) is 35.8 Å². The Morgan fingerprint density at radius 3 is 2.95 bits per heavy atom. The summed E-state index contributed by atoms with van der Waals surface area (Å²) >= 11 is 11.8. The monoisotopic (exact) mass is 301 g/mol. The minimum atomic E-state index is 0.382. The van der Waals surface area contributed by atoms with Crippen LogP contribution in [0.1, 0.15) is 5.56 Å². The zero-order chi connectivity index (χ0) is 14.1. The number of benzene rings is 1. The van der Waals surface area contributed by atoms with Gasteiger partial charge in [0.25, 0.3) is 0 Å². The molecule has 3 N–H and O–H groups in total. The third kappa shape index (κ3) is 6.47. The summed E-state index contributed by atoms with van der Waals surface area (Å²) in [5.41, 5.74) is 6.49. The third-order valence-corrected chi connectivity index (χ3v) is 2.80. The second kappa shape index (κ2) is 8.80. The van der Waals surface area contributed by atoms with Crippen molar-refractivity contribution in [2.75, 3.05) is 19.7 Å². The van der Waals surface area contributed by atoms with Crippen molar-refractivity contribution in [2.45, 2.75) is 6.61 Å². The molecule has 6 heteroatoms. The number of nitrogens with zero attached hydrogens (tertiary/aromatic N) is 1. The molecule has 104 valence electrons. The van der Waals surface area contributed by atoms with Gasteiger partial charge in [-0.1, -0.05) is 35.3 Å². The molecule has 0 spiro atoms. The maximum absolute atomic E-state index is 6.02. The van der Waals surface area contributed by atoms with E-state index in [2.05, 4.69) is 16.9 Å². The number of ether oxygens (including phenoxy) is 1. The molecule has 1 aromatic carbocycles. The van der Waals surface area contributed by atoms with Gasteiger partial charge in [-0.05, 0) is 17.7 Å². The van der Waals surface area contributed by atoms with Crippen molar-refractivity contribution in [1.29, 1.82) is 0 Å². The lowest BCUT2D eigenvalue weighted by Gasteiger charge is -2.06. The van der Waals surface area contributed by atoms with Crippen LogP contribution in [-0.4, -0.2) is 25.7 Å². The molecule has 0 saturated carbocycles. The molecule has 0 aliphatic rings. The molecule has 0 radical (unpaired) electrons. The highest BCUT2D eigenvalue weighted by molar-refractivity contribution is 6.35. The second-order valence-electron chi connectivity index (χ2n) is 3.72. The van der Waals surface area contributed by atoms with Crippen molar-refractivity contribution < 1.29 is 4.74 Å². The van der Waals surface area contributed by atoms with Crippen LogP contribution in [-0.2, 0) is 11.3 Å². The number of hydrogen-bond donors (Lipinski definition) is 2. The number of nitrogens with one attached hydrogen (secondary N) is 1. The molecular weight excluding hydrogens is 285 g/mol. The minimum Gasteiger partial charge on any atom is -0.375 e. The average Bonchev–Trinajstić information content (AvgIpc) is 2.38. The van der Waals surface area contributed by atoms with Crippen molar-refractivity contribution in [3.05, 3.63) is 46.5 Å². The van der Waals surface area contributed by atoms with E-state index in [1.165, 1.54) is 0 Å². The Bertz CT molecular complexity index is 450. The molecule has 0 bridgehead atoms. The maximum atomic E-state index is 6.02. The van der Waals surface area contributed by atoms with E-state index >= 15 is 0 Å². The van der Waals surface area contributed by atoms with Crippen molar-refractivity contribution in [3.8, 4) is 0 Å². The number of halogens is 2. The number of aliphatic imine (C=N–C) groups is 1. The fourth-order valence-electron chi connectivity index (χ4n) is 1.28. The first-order valence-electron chi connectivity index (χ1n) is 5.80.